The van der Waals surface area contributed by atoms with Crippen LogP contribution in [0.3, 0.4) is 0 Å². The number of rotatable bonds is 4. The number of benzene rings is 1. The van der Waals surface area contributed by atoms with E-state index in [1.54, 1.807) is 23.9 Å². The van der Waals surface area contributed by atoms with Crippen LogP contribution in [0.5, 0.6) is 0 Å². The lowest BCUT2D eigenvalue weighted by Gasteiger charge is -1.94. The summed E-state index contributed by atoms with van der Waals surface area (Å²) in [5.74, 6) is -0.356. The maximum atomic E-state index is 10.5. The third kappa shape index (κ3) is 3.02. The molecular formula is C11H10ClN3O2S. The molecule has 0 radical (unpaired) electrons. The number of aromatic nitrogens is 3. The Bertz CT molecular complexity index is 568. The van der Waals surface area contributed by atoms with E-state index in [0.717, 1.165) is 17.3 Å². The molecule has 1 N–H and O–H groups in total. The van der Waals surface area contributed by atoms with Crippen LogP contribution >= 0.6 is 23.4 Å². The summed E-state index contributed by atoms with van der Waals surface area (Å²) in [6.07, 6.45) is 0. The van der Waals surface area contributed by atoms with Gasteiger partial charge in [0.05, 0.1) is 5.75 Å². The Morgan fingerprint density at radius 3 is 2.72 bits per heavy atom. The first kappa shape index (κ1) is 12.9. The second-order valence-electron chi connectivity index (χ2n) is 3.53. The first-order chi connectivity index (χ1) is 8.56. The summed E-state index contributed by atoms with van der Waals surface area (Å²) < 4.78 is 1.57. The predicted molar refractivity (Wildman–Crippen MR) is 69.8 cm³/mol. The topological polar surface area (TPSA) is 68.0 Å². The second kappa shape index (κ2) is 5.41. The van der Waals surface area contributed by atoms with E-state index in [9.17, 15) is 4.79 Å². The van der Waals surface area contributed by atoms with Gasteiger partial charge < -0.3 is 5.11 Å². The molecule has 1 aromatic carbocycles. The highest BCUT2D eigenvalue weighted by molar-refractivity contribution is 7.99. The smallest absolute Gasteiger partial charge is 0.313 e. The van der Waals surface area contributed by atoms with Crippen LogP contribution in [0, 0.1) is 0 Å². The van der Waals surface area contributed by atoms with Gasteiger partial charge in [-0.1, -0.05) is 23.4 Å². The molecule has 7 heteroatoms. The Morgan fingerprint density at radius 1 is 1.44 bits per heavy atom. The third-order valence-corrected chi connectivity index (χ3v) is 3.41. The molecule has 0 aliphatic heterocycles. The summed E-state index contributed by atoms with van der Waals surface area (Å²) >= 11 is 6.94. The molecule has 0 bridgehead atoms. The molecule has 0 amide bonds. The van der Waals surface area contributed by atoms with Crippen molar-refractivity contribution in [1.29, 1.82) is 0 Å². The number of carbonyl (C=O) groups is 1. The van der Waals surface area contributed by atoms with Crippen molar-refractivity contribution in [2.75, 3.05) is 5.75 Å². The monoisotopic (exact) mass is 283 g/mol. The van der Waals surface area contributed by atoms with Gasteiger partial charge >= 0.3 is 5.97 Å². The standard InChI is InChI=1S/C11H10ClN3O2S/c1-15-11(18-6-9(16)17)13-10(14-15)7-2-4-8(12)5-3-7/h2-5H,6H2,1H3,(H,16,17). The molecule has 1 heterocycles. The van der Waals surface area contributed by atoms with Gasteiger partial charge in [0, 0.05) is 17.6 Å². The Morgan fingerprint density at radius 2 is 2.11 bits per heavy atom. The van der Waals surface area contributed by atoms with E-state index in [2.05, 4.69) is 10.1 Å². The van der Waals surface area contributed by atoms with Crippen molar-refractivity contribution in [1.82, 2.24) is 14.8 Å². The minimum Gasteiger partial charge on any atom is -0.481 e. The Kier molecular flexibility index (Phi) is 3.88. The van der Waals surface area contributed by atoms with Gasteiger partial charge in [-0.3, -0.25) is 4.79 Å². The van der Waals surface area contributed by atoms with Crippen LogP contribution in [0.4, 0.5) is 0 Å². The van der Waals surface area contributed by atoms with Crippen LogP contribution in [-0.4, -0.2) is 31.6 Å². The van der Waals surface area contributed by atoms with Gasteiger partial charge in [-0.05, 0) is 24.3 Å². The maximum absolute atomic E-state index is 10.5. The number of carboxylic acids is 1. The molecule has 0 saturated carbocycles. The minimum absolute atomic E-state index is 0.0351. The van der Waals surface area contributed by atoms with E-state index in [-0.39, 0.29) is 5.75 Å². The molecule has 18 heavy (non-hydrogen) atoms. The fourth-order valence-electron chi connectivity index (χ4n) is 1.34. The van der Waals surface area contributed by atoms with E-state index >= 15 is 0 Å². The van der Waals surface area contributed by atoms with Crippen molar-refractivity contribution in [3.05, 3.63) is 29.3 Å². The number of aliphatic carboxylic acids is 1. The van der Waals surface area contributed by atoms with Crippen LogP contribution in [0.1, 0.15) is 0 Å². The summed E-state index contributed by atoms with van der Waals surface area (Å²) in [6, 6.07) is 7.17. The number of halogens is 1. The van der Waals surface area contributed by atoms with Gasteiger partial charge in [-0.15, -0.1) is 0 Å². The molecule has 0 saturated heterocycles. The Hall–Kier alpha value is -1.53. The van der Waals surface area contributed by atoms with Crippen LogP contribution < -0.4 is 0 Å². The summed E-state index contributed by atoms with van der Waals surface area (Å²) in [5, 5.41) is 14.1. The van der Waals surface area contributed by atoms with Crippen LogP contribution in [0.15, 0.2) is 29.4 Å². The first-order valence-electron chi connectivity index (χ1n) is 5.08. The van der Waals surface area contributed by atoms with Crippen molar-refractivity contribution < 1.29 is 9.90 Å². The molecule has 2 rings (SSSR count). The SMILES string of the molecule is Cn1nc(-c2ccc(Cl)cc2)nc1SCC(=O)O. The molecule has 0 atom stereocenters. The molecule has 5 nitrogen and oxygen atoms in total. The summed E-state index contributed by atoms with van der Waals surface area (Å²) in [6.45, 7) is 0. The van der Waals surface area contributed by atoms with Crippen molar-refractivity contribution >= 4 is 29.3 Å². The second-order valence-corrected chi connectivity index (χ2v) is 4.91. The Balaban J connectivity index is 2.22. The highest BCUT2D eigenvalue weighted by Gasteiger charge is 2.11. The predicted octanol–water partition coefficient (Wildman–Crippen LogP) is 2.31. The zero-order valence-corrected chi connectivity index (χ0v) is 11.1. The molecule has 0 aliphatic carbocycles. The number of carboxylic acid groups (broad SMARTS) is 1. The van der Waals surface area contributed by atoms with Crippen molar-refractivity contribution in [3.63, 3.8) is 0 Å². The molecular weight excluding hydrogens is 274 g/mol. The highest BCUT2D eigenvalue weighted by Crippen LogP contribution is 2.22. The van der Waals surface area contributed by atoms with E-state index in [1.807, 2.05) is 12.1 Å². The van der Waals surface area contributed by atoms with Crippen LogP contribution in [-0.2, 0) is 11.8 Å². The number of hydrogen-bond donors (Lipinski definition) is 1. The van der Waals surface area contributed by atoms with Gasteiger partial charge in [0.25, 0.3) is 0 Å². The lowest BCUT2D eigenvalue weighted by molar-refractivity contribution is -0.133. The van der Waals surface area contributed by atoms with Gasteiger partial charge in [-0.2, -0.15) is 5.10 Å². The van der Waals surface area contributed by atoms with Crippen LogP contribution in [0.2, 0.25) is 5.02 Å². The van der Waals surface area contributed by atoms with Crippen LogP contribution in [0.25, 0.3) is 11.4 Å². The van der Waals surface area contributed by atoms with E-state index in [0.29, 0.717) is 16.0 Å². The molecule has 94 valence electrons. The minimum atomic E-state index is -0.879. The largest absolute Gasteiger partial charge is 0.481 e. The number of hydrogen-bond acceptors (Lipinski definition) is 4. The average Bonchev–Trinajstić information content (AvgIpc) is 2.69. The van der Waals surface area contributed by atoms with E-state index in [4.69, 9.17) is 16.7 Å². The quantitative estimate of drug-likeness (QED) is 0.872. The Labute approximate surface area is 113 Å². The average molecular weight is 284 g/mol. The van der Waals surface area contributed by atoms with Gasteiger partial charge in [-0.25, -0.2) is 9.67 Å². The molecule has 2 aromatic rings. The van der Waals surface area contributed by atoms with Gasteiger partial charge in [0.2, 0.25) is 0 Å². The highest BCUT2D eigenvalue weighted by atomic mass is 35.5. The first-order valence-corrected chi connectivity index (χ1v) is 6.44. The molecule has 1 aromatic heterocycles. The molecule has 0 fully saturated rings. The van der Waals surface area contributed by atoms with E-state index in [1.165, 1.54) is 0 Å². The molecule has 0 aliphatic rings. The fourth-order valence-corrected chi connectivity index (χ4v) is 2.10. The molecule has 0 unspecified atom stereocenters. The van der Waals surface area contributed by atoms with Gasteiger partial charge in [0.15, 0.2) is 11.0 Å². The number of thioether (sulfide) groups is 1. The summed E-state index contributed by atoms with van der Waals surface area (Å²) in [5.41, 5.74) is 0.845. The normalized spacial score (nSPS) is 10.6. The lowest BCUT2D eigenvalue weighted by Crippen LogP contribution is -2.00. The van der Waals surface area contributed by atoms with Crippen molar-refractivity contribution in [3.8, 4) is 11.4 Å². The van der Waals surface area contributed by atoms with Crippen molar-refractivity contribution in [2.24, 2.45) is 7.05 Å². The van der Waals surface area contributed by atoms with Crippen molar-refractivity contribution in [2.45, 2.75) is 5.16 Å². The van der Waals surface area contributed by atoms with Gasteiger partial charge in [0.1, 0.15) is 0 Å². The number of aryl methyl sites for hydroxylation is 1. The molecule has 0 spiro atoms. The number of nitrogens with zero attached hydrogens (tertiary/aromatic N) is 3. The zero-order valence-electron chi connectivity index (χ0n) is 9.50. The fraction of sp³-hybridized carbons (Fsp3) is 0.182. The van der Waals surface area contributed by atoms with E-state index < -0.39 is 5.97 Å². The third-order valence-electron chi connectivity index (χ3n) is 2.15. The lowest BCUT2D eigenvalue weighted by atomic mass is 10.2. The zero-order chi connectivity index (χ0) is 13.1. The maximum Gasteiger partial charge on any atom is 0.313 e. The summed E-state index contributed by atoms with van der Waals surface area (Å²) in [4.78, 5) is 14.8. The summed E-state index contributed by atoms with van der Waals surface area (Å²) in [7, 11) is 1.73.